The number of nitrogens with two attached hydrogens (primary N) is 1. The summed E-state index contributed by atoms with van der Waals surface area (Å²) in [5.74, 6) is -0.220. The summed E-state index contributed by atoms with van der Waals surface area (Å²) in [6, 6.07) is 5.75. The Morgan fingerprint density at radius 3 is 2.58 bits per heavy atom. The van der Waals surface area contributed by atoms with Crippen molar-refractivity contribution in [1.82, 2.24) is 0 Å². The zero-order valence-electron chi connectivity index (χ0n) is 11.6. The minimum absolute atomic E-state index is 0.220. The molecule has 0 saturated heterocycles. The van der Waals surface area contributed by atoms with Gasteiger partial charge in [-0.1, -0.05) is 12.2 Å². The first-order chi connectivity index (χ1) is 8.99. The summed E-state index contributed by atoms with van der Waals surface area (Å²) in [5, 5.41) is 0. The Kier molecular flexibility index (Phi) is 5.76. The number of esters is 1. The third-order valence-electron chi connectivity index (χ3n) is 2.83. The van der Waals surface area contributed by atoms with Crippen LogP contribution in [0.25, 0.3) is 0 Å². The van der Waals surface area contributed by atoms with Crippen molar-refractivity contribution in [2.24, 2.45) is 5.73 Å². The summed E-state index contributed by atoms with van der Waals surface area (Å²) >= 11 is 4.95. The van der Waals surface area contributed by atoms with Gasteiger partial charge in [-0.15, -0.1) is 0 Å². The maximum absolute atomic E-state index is 11.6. The molecule has 104 valence electrons. The molecule has 19 heavy (non-hydrogen) atoms. The number of hydrogen-bond donors (Lipinski definition) is 1. The van der Waals surface area contributed by atoms with Gasteiger partial charge in [-0.3, -0.25) is 4.79 Å². The first-order valence-corrected chi connectivity index (χ1v) is 6.71. The lowest BCUT2D eigenvalue weighted by Gasteiger charge is -2.24. The minimum Gasteiger partial charge on any atom is -0.465 e. The molecule has 0 aromatic heterocycles. The molecule has 0 spiro atoms. The van der Waals surface area contributed by atoms with Gasteiger partial charge in [-0.2, -0.15) is 0 Å². The van der Waals surface area contributed by atoms with Crippen LogP contribution in [0.4, 0.5) is 5.69 Å². The SMILES string of the molecule is CCOC(=O)CN(CC)c1ccc(C(N)=S)cc1C. The van der Waals surface area contributed by atoms with Gasteiger partial charge in [-0.05, 0) is 44.5 Å². The van der Waals surface area contributed by atoms with Crippen molar-refractivity contribution in [3.05, 3.63) is 29.3 Å². The van der Waals surface area contributed by atoms with Gasteiger partial charge in [0.15, 0.2) is 0 Å². The van der Waals surface area contributed by atoms with Gasteiger partial charge < -0.3 is 15.4 Å². The van der Waals surface area contributed by atoms with E-state index in [1.54, 1.807) is 6.92 Å². The van der Waals surface area contributed by atoms with Gasteiger partial charge in [-0.25, -0.2) is 0 Å². The fourth-order valence-electron chi connectivity index (χ4n) is 1.89. The van der Waals surface area contributed by atoms with Crippen molar-refractivity contribution in [3.63, 3.8) is 0 Å². The molecule has 1 rings (SSSR count). The van der Waals surface area contributed by atoms with Gasteiger partial charge >= 0.3 is 5.97 Å². The number of rotatable bonds is 6. The predicted octanol–water partition coefficient (Wildman–Crippen LogP) is 2.02. The monoisotopic (exact) mass is 280 g/mol. The van der Waals surface area contributed by atoms with E-state index in [1.165, 1.54) is 0 Å². The lowest BCUT2D eigenvalue weighted by Crippen LogP contribution is -2.31. The predicted molar refractivity (Wildman–Crippen MR) is 81.6 cm³/mol. The molecule has 2 N–H and O–H groups in total. The van der Waals surface area contributed by atoms with Crippen molar-refractivity contribution in [3.8, 4) is 0 Å². The van der Waals surface area contributed by atoms with E-state index in [9.17, 15) is 4.79 Å². The van der Waals surface area contributed by atoms with Crippen molar-refractivity contribution in [2.75, 3.05) is 24.6 Å². The largest absolute Gasteiger partial charge is 0.465 e. The van der Waals surface area contributed by atoms with Gasteiger partial charge in [0.05, 0.1) is 6.61 Å². The van der Waals surface area contributed by atoms with Crippen molar-refractivity contribution < 1.29 is 9.53 Å². The number of benzene rings is 1. The molecular weight excluding hydrogens is 260 g/mol. The molecule has 0 radical (unpaired) electrons. The molecule has 0 aliphatic heterocycles. The van der Waals surface area contributed by atoms with E-state index in [-0.39, 0.29) is 12.5 Å². The van der Waals surface area contributed by atoms with Crippen LogP contribution in [0, 0.1) is 6.92 Å². The highest BCUT2D eigenvalue weighted by molar-refractivity contribution is 7.80. The number of carbonyl (C=O) groups is 1. The molecule has 0 heterocycles. The first-order valence-electron chi connectivity index (χ1n) is 6.30. The summed E-state index contributed by atoms with van der Waals surface area (Å²) < 4.78 is 4.98. The summed E-state index contributed by atoms with van der Waals surface area (Å²) in [6.07, 6.45) is 0. The topological polar surface area (TPSA) is 55.6 Å². The quantitative estimate of drug-likeness (QED) is 0.638. The summed E-state index contributed by atoms with van der Waals surface area (Å²) in [7, 11) is 0. The van der Waals surface area contributed by atoms with E-state index in [4.69, 9.17) is 22.7 Å². The van der Waals surface area contributed by atoms with Crippen LogP contribution < -0.4 is 10.6 Å². The summed E-state index contributed by atoms with van der Waals surface area (Å²) in [4.78, 5) is 13.9. The summed E-state index contributed by atoms with van der Waals surface area (Å²) in [5.41, 5.74) is 8.48. The van der Waals surface area contributed by atoms with Crippen LogP contribution in [0.15, 0.2) is 18.2 Å². The molecule has 0 aliphatic carbocycles. The molecule has 0 aliphatic rings. The Hall–Kier alpha value is -1.62. The van der Waals surface area contributed by atoms with E-state index in [0.717, 1.165) is 23.4 Å². The molecule has 0 unspecified atom stereocenters. The van der Waals surface area contributed by atoms with Gasteiger partial charge in [0.2, 0.25) is 0 Å². The normalized spacial score (nSPS) is 10.1. The van der Waals surface area contributed by atoms with Crippen LogP contribution >= 0.6 is 12.2 Å². The smallest absolute Gasteiger partial charge is 0.325 e. The van der Waals surface area contributed by atoms with Crippen LogP contribution in [0.2, 0.25) is 0 Å². The zero-order chi connectivity index (χ0) is 14.4. The van der Waals surface area contributed by atoms with E-state index >= 15 is 0 Å². The molecule has 4 nitrogen and oxygen atoms in total. The van der Waals surface area contributed by atoms with E-state index in [1.807, 2.05) is 36.9 Å². The lowest BCUT2D eigenvalue weighted by atomic mass is 10.1. The number of hydrogen-bond acceptors (Lipinski definition) is 4. The molecule has 0 saturated carbocycles. The first kappa shape index (κ1) is 15.4. The van der Waals surface area contributed by atoms with Crippen molar-refractivity contribution >= 4 is 28.9 Å². The third-order valence-corrected chi connectivity index (χ3v) is 3.06. The molecular formula is C14H20N2O2S. The number of nitrogens with zero attached hydrogens (tertiary/aromatic N) is 1. The standard InChI is InChI=1S/C14H20N2O2S/c1-4-16(9-13(17)18-5-2)12-7-6-11(14(15)19)8-10(12)3/h6-8H,4-5,9H2,1-3H3,(H2,15,19). The number of aryl methyl sites for hydroxylation is 1. The molecule has 0 fully saturated rings. The molecule has 0 atom stereocenters. The Bertz CT molecular complexity index is 475. The molecule has 0 bridgehead atoms. The Morgan fingerprint density at radius 1 is 1.42 bits per heavy atom. The van der Waals surface area contributed by atoms with Crippen LogP contribution in [-0.4, -0.2) is 30.7 Å². The van der Waals surface area contributed by atoms with E-state index in [0.29, 0.717) is 11.6 Å². The Morgan fingerprint density at radius 2 is 2.11 bits per heavy atom. The number of ether oxygens (including phenoxy) is 1. The Balaban J connectivity index is 2.92. The fourth-order valence-corrected chi connectivity index (χ4v) is 2.02. The van der Waals surface area contributed by atoms with Crippen molar-refractivity contribution in [1.29, 1.82) is 0 Å². The second-order valence-corrected chi connectivity index (χ2v) is 4.62. The average Bonchev–Trinajstić information content (AvgIpc) is 2.36. The lowest BCUT2D eigenvalue weighted by molar-refractivity contribution is -0.141. The zero-order valence-corrected chi connectivity index (χ0v) is 12.4. The minimum atomic E-state index is -0.220. The highest BCUT2D eigenvalue weighted by atomic mass is 32.1. The molecule has 5 heteroatoms. The fraction of sp³-hybridized carbons (Fsp3) is 0.429. The maximum atomic E-state index is 11.6. The number of thiocarbonyl (C=S) groups is 1. The van der Waals surface area contributed by atoms with Crippen LogP contribution in [0.5, 0.6) is 0 Å². The number of anilines is 1. The van der Waals surface area contributed by atoms with Gasteiger partial charge in [0, 0.05) is 17.8 Å². The highest BCUT2D eigenvalue weighted by Gasteiger charge is 2.13. The molecule has 1 aromatic rings. The van der Waals surface area contributed by atoms with Crippen LogP contribution in [-0.2, 0) is 9.53 Å². The third kappa shape index (κ3) is 4.21. The Labute approximate surface area is 119 Å². The summed E-state index contributed by atoms with van der Waals surface area (Å²) in [6.45, 7) is 7.15. The number of likely N-dealkylation sites (N-methyl/N-ethyl adjacent to an activating group) is 1. The van der Waals surface area contributed by atoms with Crippen LogP contribution in [0.1, 0.15) is 25.0 Å². The molecule has 1 aromatic carbocycles. The second-order valence-electron chi connectivity index (χ2n) is 4.18. The highest BCUT2D eigenvalue weighted by Crippen LogP contribution is 2.21. The van der Waals surface area contributed by atoms with E-state index in [2.05, 4.69) is 0 Å². The maximum Gasteiger partial charge on any atom is 0.325 e. The second kappa shape index (κ2) is 7.09. The van der Waals surface area contributed by atoms with Crippen molar-refractivity contribution in [2.45, 2.75) is 20.8 Å². The average molecular weight is 280 g/mol. The number of carbonyl (C=O) groups excluding carboxylic acids is 1. The van der Waals surface area contributed by atoms with E-state index < -0.39 is 0 Å². The van der Waals surface area contributed by atoms with Crippen LogP contribution in [0.3, 0.4) is 0 Å². The van der Waals surface area contributed by atoms with Gasteiger partial charge in [0.1, 0.15) is 11.5 Å². The molecule has 0 amide bonds. The van der Waals surface area contributed by atoms with Gasteiger partial charge in [0.25, 0.3) is 0 Å².